The van der Waals surface area contributed by atoms with Crippen molar-refractivity contribution in [2.24, 2.45) is 5.92 Å². The third-order valence-corrected chi connectivity index (χ3v) is 6.50. The lowest BCUT2D eigenvalue weighted by molar-refractivity contribution is 0.146. The molecule has 2 fully saturated rings. The summed E-state index contributed by atoms with van der Waals surface area (Å²) in [7, 11) is 0. The van der Waals surface area contributed by atoms with E-state index in [1.807, 2.05) is 6.07 Å². The van der Waals surface area contributed by atoms with Gasteiger partial charge in [-0.05, 0) is 45.1 Å². The predicted octanol–water partition coefficient (Wildman–Crippen LogP) is 5.57. The van der Waals surface area contributed by atoms with Gasteiger partial charge in [-0.25, -0.2) is 28.1 Å². The average molecular weight is 427 g/mol. The van der Waals surface area contributed by atoms with Gasteiger partial charge in [-0.1, -0.05) is 18.2 Å². The Labute approximate surface area is 178 Å². The molecule has 31 heavy (non-hydrogen) atoms. The van der Waals surface area contributed by atoms with Gasteiger partial charge in [0.25, 0.3) is 6.43 Å². The second-order valence-corrected chi connectivity index (χ2v) is 8.58. The van der Waals surface area contributed by atoms with Gasteiger partial charge in [0.2, 0.25) is 0 Å². The van der Waals surface area contributed by atoms with Crippen LogP contribution in [0.2, 0.25) is 0 Å². The molecule has 3 atom stereocenters. The SMILES string of the molecule is Cc1nc(N[C@H](C)c2cccc(C(F)F)c2F)c2cc(N3C[C@H]4CC[C@@H]3C4)ncc2n1. The van der Waals surface area contributed by atoms with Gasteiger partial charge in [0.15, 0.2) is 0 Å². The number of benzene rings is 1. The van der Waals surface area contributed by atoms with Gasteiger partial charge >= 0.3 is 0 Å². The van der Waals surface area contributed by atoms with E-state index in [9.17, 15) is 13.2 Å². The lowest BCUT2D eigenvalue weighted by Gasteiger charge is -2.28. The first-order valence-corrected chi connectivity index (χ1v) is 10.6. The Balaban J connectivity index is 1.50. The zero-order chi connectivity index (χ0) is 21.7. The Morgan fingerprint density at radius 2 is 1.97 bits per heavy atom. The van der Waals surface area contributed by atoms with Gasteiger partial charge in [0.05, 0.1) is 23.3 Å². The minimum Gasteiger partial charge on any atom is -0.363 e. The molecule has 5 rings (SSSR count). The fourth-order valence-electron chi connectivity index (χ4n) is 4.96. The summed E-state index contributed by atoms with van der Waals surface area (Å²) in [5.41, 5.74) is 0.274. The monoisotopic (exact) mass is 427 g/mol. The molecule has 0 radical (unpaired) electrons. The minimum atomic E-state index is -2.86. The molecule has 1 N–H and O–H groups in total. The van der Waals surface area contributed by atoms with E-state index in [1.165, 1.54) is 31.4 Å². The lowest BCUT2D eigenvalue weighted by atomic mass is 10.0. The van der Waals surface area contributed by atoms with Crippen LogP contribution in [0.5, 0.6) is 0 Å². The van der Waals surface area contributed by atoms with Crippen LogP contribution in [0.3, 0.4) is 0 Å². The van der Waals surface area contributed by atoms with E-state index in [2.05, 4.69) is 25.2 Å². The maximum absolute atomic E-state index is 14.7. The van der Waals surface area contributed by atoms with Gasteiger partial charge in [0, 0.05) is 23.5 Å². The van der Waals surface area contributed by atoms with Crippen LogP contribution in [-0.4, -0.2) is 27.5 Å². The molecule has 162 valence electrons. The van der Waals surface area contributed by atoms with Crippen LogP contribution in [0.25, 0.3) is 10.9 Å². The highest BCUT2D eigenvalue weighted by Gasteiger charge is 2.38. The zero-order valence-electron chi connectivity index (χ0n) is 17.4. The second kappa shape index (κ2) is 7.66. The summed E-state index contributed by atoms with van der Waals surface area (Å²) in [5.74, 6) is 1.85. The largest absolute Gasteiger partial charge is 0.363 e. The topological polar surface area (TPSA) is 53.9 Å². The summed E-state index contributed by atoms with van der Waals surface area (Å²) in [6.45, 7) is 4.53. The number of rotatable bonds is 5. The Morgan fingerprint density at radius 3 is 2.68 bits per heavy atom. The van der Waals surface area contributed by atoms with Gasteiger partial charge in [-0.3, -0.25) is 0 Å². The molecule has 5 nitrogen and oxygen atoms in total. The molecule has 3 aromatic rings. The van der Waals surface area contributed by atoms with Crippen LogP contribution in [-0.2, 0) is 0 Å². The predicted molar refractivity (Wildman–Crippen MR) is 114 cm³/mol. The molecular weight excluding hydrogens is 403 g/mol. The van der Waals surface area contributed by atoms with Crippen molar-refractivity contribution >= 4 is 22.5 Å². The van der Waals surface area contributed by atoms with Crippen molar-refractivity contribution in [3.8, 4) is 0 Å². The number of anilines is 2. The van der Waals surface area contributed by atoms with Crippen LogP contribution in [0.1, 0.15) is 55.6 Å². The molecule has 1 saturated heterocycles. The molecule has 1 aliphatic heterocycles. The normalized spacial score (nSPS) is 21.3. The number of pyridine rings is 1. The smallest absolute Gasteiger partial charge is 0.266 e. The molecule has 3 heterocycles. The highest BCUT2D eigenvalue weighted by Crippen LogP contribution is 2.40. The number of nitrogens with one attached hydrogen (secondary N) is 1. The number of piperidine rings is 1. The third kappa shape index (κ3) is 3.58. The number of fused-ring (bicyclic) bond motifs is 3. The molecule has 0 unspecified atom stereocenters. The molecule has 2 aliphatic rings. The first kappa shape index (κ1) is 20.0. The van der Waals surface area contributed by atoms with E-state index in [4.69, 9.17) is 0 Å². The van der Waals surface area contributed by atoms with Crippen molar-refractivity contribution in [1.82, 2.24) is 15.0 Å². The van der Waals surface area contributed by atoms with Crippen molar-refractivity contribution < 1.29 is 13.2 Å². The van der Waals surface area contributed by atoms with Crippen LogP contribution in [0.15, 0.2) is 30.5 Å². The van der Waals surface area contributed by atoms with E-state index in [0.717, 1.165) is 29.7 Å². The van der Waals surface area contributed by atoms with Crippen molar-refractivity contribution in [2.75, 3.05) is 16.8 Å². The van der Waals surface area contributed by atoms with Gasteiger partial charge in [-0.15, -0.1) is 0 Å². The number of hydrogen-bond donors (Lipinski definition) is 1. The van der Waals surface area contributed by atoms with Crippen molar-refractivity contribution in [2.45, 2.75) is 51.6 Å². The number of alkyl halides is 2. The molecule has 1 aromatic carbocycles. The zero-order valence-corrected chi connectivity index (χ0v) is 17.4. The molecule has 0 amide bonds. The Hall–Kier alpha value is -2.90. The Kier molecular flexibility index (Phi) is 4.95. The summed E-state index contributed by atoms with van der Waals surface area (Å²) < 4.78 is 40.9. The van der Waals surface area contributed by atoms with E-state index < -0.39 is 23.8 Å². The highest BCUT2D eigenvalue weighted by molar-refractivity contribution is 5.90. The summed E-state index contributed by atoms with van der Waals surface area (Å²) in [4.78, 5) is 16.0. The van der Waals surface area contributed by atoms with E-state index >= 15 is 0 Å². The van der Waals surface area contributed by atoms with Gasteiger partial charge in [0.1, 0.15) is 23.3 Å². The molecule has 2 aromatic heterocycles. The number of nitrogens with zero attached hydrogens (tertiary/aromatic N) is 4. The number of halogens is 3. The van der Waals surface area contributed by atoms with Crippen molar-refractivity contribution in [3.05, 3.63) is 53.2 Å². The van der Waals surface area contributed by atoms with E-state index in [1.54, 1.807) is 20.0 Å². The molecule has 1 saturated carbocycles. The molecular formula is C23H24F3N5. The maximum Gasteiger partial charge on any atom is 0.266 e. The highest BCUT2D eigenvalue weighted by atomic mass is 19.3. The third-order valence-electron chi connectivity index (χ3n) is 6.50. The standard InChI is InChI=1S/C23H24F3N5/c1-12(16-4-3-5-17(21(16)24)22(25)26)28-23-18-9-20(27-10-19(18)29-13(2)30-23)31-11-14-6-7-15(31)8-14/h3-5,9-10,12,14-15,22H,6-8,11H2,1-2H3,(H,28,29,30)/t12-,14+,15-/m1/s1. The van der Waals surface area contributed by atoms with Gasteiger partial charge in [-0.2, -0.15) is 0 Å². The summed E-state index contributed by atoms with van der Waals surface area (Å²) in [5, 5.41) is 4.01. The lowest BCUT2D eigenvalue weighted by Crippen LogP contribution is -2.32. The van der Waals surface area contributed by atoms with E-state index in [-0.39, 0.29) is 5.56 Å². The Morgan fingerprint density at radius 1 is 1.16 bits per heavy atom. The number of aromatic nitrogens is 3. The Bertz CT molecular complexity index is 1140. The summed E-state index contributed by atoms with van der Waals surface area (Å²) in [6.07, 6.45) is 2.57. The number of hydrogen-bond acceptors (Lipinski definition) is 5. The van der Waals surface area contributed by atoms with Crippen LogP contribution in [0.4, 0.5) is 24.8 Å². The molecule has 1 aliphatic carbocycles. The maximum atomic E-state index is 14.7. The summed E-state index contributed by atoms with van der Waals surface area (Å²) >= 11 is 0. The fourth-order valence-corrected chi connectivity index (χ4v) is 4.96. The fraction of sp³-hybridized carbons (Fsp3) is 0.435. The average Bonchev–Trinajstić information content (AvgIpc) is 3.37. The van der Waals surface area contributed by atoms with Crippen LogP contribution >= 0.6 is 0 Å². The van der Waals surface area contributed by atoms with Crippen molar-refractivity contribution in [1.29, 1.82) is 0 Å². The van der Waals surface area contributed by atoms with Crippen LogP contribution in [0, 0.1) is 18.7 Å². The van der Waals surface area contributed by atoms with Crippen LogP contribution < -0.4 is 10.2 Å². The quantitative estimate of drug-likeness (QED) is 0.577. The summed E-state index contributed by atoms with van der Waals surface area (Å²) in [6, 6.07) is 6.03. The minimum absolute atomic E-state index is 0.174. The van der Waals surface area contributed by atoms with Gasteiger partial charge < -0.3 is 10.2 Å². The molecule has 2 bridgehead atoms. The first-order chi connectivity index (χ1) is 14.9. The first-order valence-electron chi connectivity index (χ1n) is 10.6. The van der Waals surface area contributed by atoms with E-state index in [0.29, 0.717) is 23.2 Å². The second-order valence-electron chi connectivity index (χ2n) is 8.58. The molecule has 8 heteroatoms. The van der Waals surface area contributed by atoms with Crippen molar-refractivity contribution in [3.63, 3.8) is 0 Å². The molecule has 0 spiro atoms. The number of aryl methyl sites for hydroxylation is 1.